The van der Waals surface area contributed by atoms with Gasteiger partial charge in [0.2, 0.25) is 0 Å². The maximum atomic E-state index is 13.2. The van der Waals surface area contributed by atoms with Gasteiger partial charge in [-0.3, -0.25) is 0 Å². The van der Waals surface area contributed by atoms with Crippen LogP contribution in [0.2, 0.25) is 0 Å². The lowest BCUT2D eigenvalue weighted by atomic mass is 10.0. The van der Waals surface area contributed by atoms with Gasteiger partial charge in [0.25, 0.3) is 0 Å². The molecule has 4 N–H and O–H groups in total. The summed E-state index contributed by atoms with van der Waals surface area (Å²) in [6, 6.07) is 19.2. The van der Waals surface area contributed by atoms with Crippen molar-refractivity contribution in [2.24, 2.45) is 0 Å². The average molecular weight is 426 g/mol. The minimum Gasteiger partial charge on any atom is -0.508 e. The third-order valence-electron chi connectivity index (χ3n) is 5.00. The molecular weight excluding hydrogens is 397 g/mol. The highest BCUT2D eigenvalue weighted by Crippen LogP contribution is 2.22. The Labute approximate surface area is 181 Å². The first-order valence-corrected chi connectivity index (χ1v) is 10.3. The molecule has 3 rings (SSSR count). The van der Waals surface area contributed by atoms with Crippen molar-refractivity contribution in [3.63, 3.8) is 0 Å². The Morgan fingerprint density at radius 2 is 1.61 bits per heavy atom. The molecule has 3 aromatic rings. The van der Waals surface area contributed by atoms with Crippen molar-refractivity contribution >= 4 is 0 Å². The highest BCUT2D eigenvalue weighted by Gasteiger charge is 2.10. The Hall–Kier alpha value is -2.77. The second-order valence-electron chi connectivity index (χ2n) is 7.46. The number of nitrogens with one attached hydrogen (secondary N) is 1. The van der Waals surface area contributed by atoms with Gasteiger partial charge in [-0.2, -0.15) is 0 Å². The van der Waals surface area contributed by atoms with Crippen molar-refractivity contribution in [2.45, 2.75) is 32.3 Å². The molecule has 0 aliphatic heterocycles. The van der Waals surface area contributed by atoms with E-state index in [-0.39, 0.29) is 18.2 Å². The van der Waals surface area contributed by atoms with Gasteiger partial charge in [0.05, 0.1) is 25.9 Å². The Morgan fingerprint density at radius 1 is 0.903 bits per heavy atom. The zero-order valence-corrected chi connectivity index (χ0v) is 17.3. The lowest BCUT2D eigenvalue weighted by Gasteiger charge is -2.14. The fourth-order valence-corrected chi connectivity index (χ4v) is 3.32. The van der Waals surface area contributed by atoms with Gasteiger partial charge in [0, 0.05) is 12.1 Å². The number of rotatable bonds is 11. The largest absolute Gasteiger partial charge is 0.508 e. The lowest BCUT2D eigenvalue weighted by molar-refractivity contribution is 0.107. The molecule has 0 aliphatic carbocycles. The Bertz CT molecular complexity index is 979. The molecule has 0 amide bonds. The highest BCUT2D eigenvalue weighted by atomic mass is 19.1. The van der Waals surface area contributed by atoms with E-state index in [0.717, 1.165) is 23.1 Å². The predicted molar refractivity (Wildman–Crippen MR) is 117 cm³/mol. The molecule has 0 saturated heterocycles. The normalized spacial score (nSPS) is 12.1. The van der Waals surface area contributed by atoms with E-state index < -0.39 is 6.10 Å². The van der Waals surface area contributed by atoms with Crippen LogP contribution in [0, 0.1) is 5.82 Å². The number of halogens is 1. The minimum atomic E-state index is -0.728. The van der Waals surface area contributed by atoms with Crippen LogP contribution >= 0.6 is 0 Å². The summed E-state index contributed by atoms with van der Waals surface area (Å²) in [5.41, 5.74) is 4.05. The van der Waals surface area contributed by atoms with Crippen LogP contribution in [0.3, 0.4) is 0 Å². The summed E-state index contributed by atoms with van der Waals surface area (Å²) in [6.45, 7) is 1.59. The first-order chi connectivity index (χ1) is 15.0. The molecule has 31 heavy (non-hydrogen) atoms. The monoisotopic (exact) mass is 425 g/mol. The van der Waals surface area contributed by atoms with E-state index >= 15 is 0 Å². The van der Waals surface area contributed by atoms with Crippen LogP contribution in [0.1, 0.15) is 33.9 Å². The maximum Gasteiger partial charge on any atom is 0.123 e. The fourth-order valence-electron chi connectivity index (χ4n) is 3.32. The molecule has 0 aliphatic rings. The van der Waals surface area contributed by atoms with E-state index in [1.807, 2.05) is 24.3 Å². The van der Waals surface area contributed by atoms with Crippen molar-refractivity contribution in [2.75, 3.05) is 13.1 Å². The van der Waals surface area contributed by atoms with E-state index in [1.165, 1.54) is 18.2 Å². The Morgan fingerprint density at radius 3 is 2.35 bits per heavy atom. The van der Waals surface area contributed by atoms with Gasteiger partial charge in [-0.15, -0.1) is 0 Å². The molecule has 6 heteroatoms. The molecule has 0 saturated carbocycles. The topological polar surface area (TPSA) is 82.0 Å². The van der Waals surface area contributed by atoms with E-state index in [9.17, 15) is 19.7 Å². The lowest BCUT2D eigenvalue weighted by Crippen LogP contribution is -2.23. The van der Waals surface area contributed by atoms with Crippen LogP contribution in [0.4, 0.5) is 4.39 Å². The maximum absolute atomic E-state index is 13.2. The van der Waals surface area contributed by atoms with Gasteiger partial charge >= 0.3 is 0 Å². The van der Waals surface area contributed by atoms with Gasteiger partial charge in [0.15, 0.2) is 0 Å². The minimum absolute atomic E-state index is 0.0196. The summed E-state index contributed by atoms with van der Waals surface area (Å²) >= 11 is 0. The molecular formula is C25H28FNO4. The zero-order chi connectivity index (χ0) is 22.1. The third-order valence-corrected chi connectivity index (χ3v) is 5.00. The van der Waals surface area contributed by atoms with E-state index in [0.29, 0.717) is 37.4 Å². The van der Waals surface area contributed by atoms with E-state index in [2.05, 4.69) is 11.4 Å². The quantitative estimate of drug-likeness (QED) is 0.353. The van der Waals surface area contributed by atoms with Gasteiger partial charge < -0.3 is 25.4 Å². The number of phenols is 1. The molecule has 0 bridgehead atoms. The number of hydrogen-bond donors (Lipinski definition) is 4. The van der Waals surface area contributed by atoms with Crippen molar-refractivity contribution < 1.29 is 24.4 Å². The number of ether oxygens (including phenoxy) is 1. The molecule has 0 radical (unpaired) electrons. The van der Waals surface area contributed by atoms with Crippen molar-refractivity contribution in [3.05, 3.63) is 100 Å². The van der Waals surface area contributed by atoms with E-state index in [4.69, 9.17) is 4.74 Å². The molecule has 0 aromatic heterocycles. The van der Waals surface area contributed by atoms with Crippen LogP contribution in [0.25, 0.3) is 0 Å². The molecule has 0 heterocycles. The predicted octanol–water partition coefficient (Wildman–Crippen LogP) is 3.61. The van der Waals surface area contributed by atoms with E-state index in [1.54, 1.807) is 18.2 Å². The van der Waals surface area contributed by atoms with Gasteiger partial charge in [-0.1, -0.05) is 42.5 Å². The summed E-state index contributed by atoms with van der Waals surface area (Å²) in [5.74, 6) is -0.244. The summed E-state index contributed by atoms with van der Waals surface area (Å²) < 4.78 is 18.9. The number of hydrogen-bond acceptors (Lipinski definition) is 5. The molecule has 1 atom stereocenters. The molecule has 0 fully saturated rings. The van der Waals surface area contributed by atoms with Gasteiger partial charge in [0.1, 0.15) is 11.6 Å². The standard InChI is InChI=1S/C25H28FNO4/c26-23-6-2-5-20(12-23)17-31-16-19-4-1-3-18(11-19)9-10-27-14-25(30)21-7-8-24(29)22(13-21)15-28/h1-8,11-13,25,27-30H,9-10,14-17H2/t25-/m0/s1. The third kappa shape index (κ3) is 7.15. The van der Waals surface area contributed by atoms with Gasteiger partial charge in [-0.05, 0) is 59.5 Å². The molecule has 164 valence electrons. The van der Waals surface area contributed by atoms with Crippen molar-refractivity contribution in [3.8, 4) is 5.75 Å². The smallest absolute Gasteiger partial charge is 0.123 e. The van der Waals surface area contributed by atoms with Crippen LogP contribution < -0.4 is 5.32 Å². The number of aliphatic hydroxyl groups is 2. The number of aromatic hydroxyl groups is 1. The Balaban J connectivity index is 1.41. The zero-order valence-electron chi connectivity index (χ0n) is 17.3. The summed E-state index contributed by atoms with van der Waals surface area (Å²) in [6.07, 6.45) is 0.0653. The van der Waals surface area contributed by atoms with Crippen LogP contribution in [-0.4, -0.2) is 28.4 Å². The first kappa shape index (κ1) is 22.9. The Kier molecular flexibility index (Phi) is 8.55. The van der Waals surface area contributed by atoms with Gasteiger partial charge in [-0.25, -0.2) is 4.39 Å². The highest BCUT2D eigenvalue weighted by molar-refractivity contribution is 5.36. The average Bonchev–Trinajstić information content (AvgIpc) is 2.77. The number of aliphatic hydroxyl groups excluding tert-OH is 2. The van der Waals surface area contributed by atoms with Crippen LogP contribution in [0.15, 0.2) is 66.7 Å². The van der Waals surface area contributed by atoms with Crippen LogP contribution in [-0.2, 0) is 31.0 Å². The summed E-state index contributed by atoms with van der Waals surface area (Å²) in [4.78, 5) is 0. The summed E-state index contributed by atoms with van der Waals surface area (Å²) in [5, 5.41) is 32.4. The van der Waals surface area contributed by atoms with Crippen molar-refractivity contribution in [1.82, 2.24) is 5.32 Å². The summed E-state index contributed by atoms with van der Waals surface area (Å²) in [7, 11) is 0. The second-order valence-corrected chi connectivity index (χ2v) is 7.46. The molecule has 0 spiro atoms. The second kappa shape index (κ2) is 11.6. The molecule has 5 nitrogen and oxygen atoms in total. The molecule has 3 aromatic carbocycles. The first-order valence-electron chi connectivity index (χ1n) is 10.3. The fraction of sp³-hybridized carbons (Fsp3) is 0.280. The van der Waals surface area contributed by atoms with Crippen molar-refractivity contribution in [1.29, 1.82) is 0 Å². The molecule has 0 unspecified atom stereocenters. The number of benzene rings is 3. The SMILES string of the molecule is OCc1cc([C@@H](O)CNCCc2cccc(COCc3cccc(F)c3)c2)ccc1O. The van der Waals surface area contributed by atoms with Crippen LogP contribution in [0.5, 0.6) is 5.75 Å².